The fourth-order valence-electron chi connectivity index (χ4n) is 1.80. The number of hydrogen-bond acceptors (Lipinski definition) is 4. The van der Waals surface area contributed by atoms with Crippen LogP contribution in [0.2, 0.25) is 0 Å². The molecular weight excluding hydrogens is 254 g/mol. The van der Waals surface area contributed by atoms with Crippen molar-refractivity contribution in [3.63, 3.8) is 0 Å². The Morgan fingerprint density at radius 1 is 1.35 bits per heavy atom. The van der Waals surface area contributed by atoms with Crippen LogP contribution in [0.1, 0.15) is 25.5 Å². The highest BCUT2D eigenvalue weighted by atomic mass is 16.3. The van der Waals surface area contributed by atoms with Gasteiger partial charge in [0.05, 0.1) is 12.6 Å². The third-order valence-electron chi connectivity index (χ3n) is 2.93. The smallest absolute Gasteiger partial charge is 0.234 e. The molecule has 1 unspecified atom stereocenters. The molecule has 1 amide bonds. The monoisotopic (exact) mass is 279 g/mol. The molecule has 0 saturated heterocycles. The first-order chi connectivity index (χ1) is 9.38. The van der Waals surface area contributed by atoms with E-state index in [-0.39, 0.29) is 12.5 Å². The first-order valence-corrected chi connectivity index (χ1v) is 6.87. The molecule has 0 spiro atoms. The molecule has 4 N–H and O–H groups in total. The van der Waals surface area contributed by atoms with E-state index in [2.05, 4.69) is 19.2 Å². The Morgan fingerprint density at radius 3 is 2.50 bits per heavy atom. The van der Waals surface area contributed by atoms with Crippen LogP contribution < -0.4 is 11.1 Å². The summed E-state index contributed by atoms with van der Waals surface area (Å²) in [4.78, 5) is 13.5. The van der Waals surface area contributed by atoms with Crippen LogP contribution in [0.3, 0.4) is 0 Å². The molecule has 5 heteroatoms. The number of nitrogens with one attached hydrogen (secondary N) is 1. The number of nitrogen functional groups attached to an aromatic ring is 1. The summed E-state index contributed by atoms with van der Waals surface area (Å²) in [6.07, 6.45) is -0.626. The zero-order chi connectivity index (χ0) is 15.1. The van der Waals surface area contributed by atoms with Gasteiger partial charge in [0, 0.05) is 18.8 Å². The molecule has 0 radical (unpaired) electrons. The maximum atomic E-state index is 11.7. The standard InChI is InChI=1S/C15H25N3O2/c1-11(2)8-17-15(20)10-18(3)9-14(19)12-4-6-13(16)7-5-12/h4-7,11,14,19H,8-10,16H2,1-3H3,(H,17,20). The lowest BCUT2D eigenvalue weighted by atomic mass is 10.1. The number of benzene rings is 1. The first kappa shape index (κ1) is 16.5. The average Bonchev–Trinajstić information content (AvgIpc) is 2.36. The van der Waals surface area contributed by atoms with Gasteiger partial charge >= 0.3 is 0 Å². The maximum absolute atomic E-state index is 11.7. The number of nitrogens with zero attached hydrogens (tertiary/aromatic N) is 1. The average molecular weight is 279 g/mol. The minimum absolute atomic E-state index is 0.0225. The SMILES string of the molecule is CC(C)CNC(=O)CN(C)CC(O)c1ccc(N)cc1. The van der Waals surface area contributed by atoms with Gasteiger partial charge in [0.15, 0.2) is 0 Å². The molecule has 112 valence electrons. The maximum Gasteiger partial charge on any atom is 0.234 e. The van der Waals surface area contributed by atoms with E-state index in [1.54, 1.807) is 29.2 Å². The summed E-state index contributed by atoms with van der Waals surface area (Å²) in [5.74, 6) is 0.412. The van der Waals surface area contributed by atoms with Gasteiger partial charge in [0.25, 0.3) is 0 Å². The number of carbonyl (C=O) groups is 1. The third-order valence-corrected chi connectivity index (χ3v) is 2.93. The number of likely N-dealkylation sites (N-methyl/N-ethyl adjacent to an activating group) is 1. The van der Waals surface area contributed by atoms with Crippen LogP contribution in [-0.2, 0) is 4.79 Å². The van der Waals surface area contributed by atoms with Gasteiger partial charge in [-0.05, 0) is 30.7 Å². The van der Waals surface area contributed by atoms with Crippen LogP contribution in [0, 0.1) is 5.92 Å². The largest absolute Gasteiger partial charge is 0.399 e. The van der Waals surface area contributed by atoms with Gasteiger partial charge in [-0.1, -0.05) is 26.0 Å². The molecule has 1 aromatic rings. The van der Waals surface area contributed by atoms with Gasteiger partial charge < -0.3 is 16.2 Å². The molecule has 0 heterocycles. The second-order valence-corrected chi connectivity index (χ2v) is 5.58. The predicted molar refractivity (Wildman–Crippen MR) is 81.2 cm³/mol. The van der Waals surface area contributed by atoms with Gasteiger partial charge in [-0.2, -0.15) is 0 Å². The summed E-state index contributed by atoms with van der Waals surface area (Å²) in [5, 5.41) is 13.0. The van der Waals surface area contributed by atoms with Gasteiger partial charge in [-0.15, -0.1) is 0 Å². The summed E-state index contributed by atoms with van der Waals surface area (Å²) < 4.78 is 0. The molecule has 0 saturated carbocycles. The number of anilines is 1. The highest BCUT2D eigenvalue weighted by Crippen LogP contribution is 2.15. The van der Waals surface area contributed by atoms with Crippen molar-refractivity contribution in [3.05, 3.63) is 29.8 Å². The lowest BCUT2D eigenvalue weighted by Crippen LogP contribution is -2.38. The van der Waals surface area contributed by atoms with Gasteiger partial charge in [0.1, 0.15) is 0 Å². The van der Waals surface area contributed by atoms with Crippen LogP contribution in [0.5, 0.6) is 0 Å². The molecule has 0 fully saturated rings. The van der Waals surface area contributed by atoms with Crippen LogP contribution in [0.4, 0.5) is 5.69 Å². The van der Waals surface area contributed by atoms with E-state index in [0.29, 0.717) is 24.7 Å². The number of aliphatic hydroxyl groups is 1. The summed E-state index contributed by atoms with van der Waals surface area (Å²) in [7, 11) is 1.81. The van der Waals surface area contributed by atoms with E-state index in [1.165, 1.54) is 0 Å². The van der Waals surface area contributed by atoms with Crippen molar-refractivity contribution in [2.45, 2.75) is 20.0 Å². The molecule has 5 nitrogen and oxygen atoms in total. The summed E-state index contributed by atoms with van der Waals surface area (Å²) in [5.41, 5.74) is 7.08. The second-order valence-electron chi connectivity index (χ2n) is 5.58. The lowest BCUT2D eigenvalue weighted by molar-refractivity contribution is -0.122. The summed E-state index contributed by atoms with van der Waals surface area (Å²) in [6.45, 7) is 5.45. The highest BCUT2D eigenvalue weighted by Gasteiger charge is 2.13. The Morgan fingerprint density at radius 2 is 1.95 bits per heavy atom. The minimum atomic E-state index is -0.626. The summed E-state index contributed by atoms with van der Waals surface area (Å²) >= 11 is 0. The lowest BCUT2D eigenvalue weighted by Gasteiger charge is -2.20. The predicted octanol–water partition coefficient (Wildman–Crippen LogP) is 1.01. The van der Waals surface area contributed by atoms with Crippen LogP contribution >= 0.6 is 0 Å². The molecular formula is C15H25N3O2. The Labute approximate surface area is 120 Å². The fourth-order valence-corrected chi connectivity index (χ4v) is 1.80. The molecule has 20 heavy (non-hydrogen) atoms. The molecule has 0 aliphatic heterocycles. The minimum Gasteiger partial charge on any atom is -0.399 e. The molecule has 0 bridgehead atoms. The van der Waals surface area contributed by atoms with Crippen LogP contribution in [-0.4, -0.2) is 42.6 Å². The zero-order valence-corrected chi connectivity index (χ0v) is 12.5. The second kappa shape index (κ2) is 7.87. The van der Waals surface area contributed by atoms with E-state index in [1.807, 2.05) is 7.05 Å². The van der Waals surface area contributed by atoms with Crippen LogP contribution in [0.15, 0.2) is 24.3 Å². The number of carbonyl (C=O) groups excluding carboxylic acids is 1. The van der Waals surface area contributed by atoms with Crippen molar-refractivity contribution in [1.82, 2.24) is 10.2 Å². The van der Waals surface area contributed by atoms with Crippen LogP contribution in [0.25, 0.3) is 0 Å². The Bertz CT molecular complexity index is 418. The van der Waals surface area contributed by atoms with E-state index >= 15 is 0 Å². The topological polar surface area (TPSA) is 78.6 Å². The quantitative estimate of drug-likeness (QED) is 0.651. The third kappa shape index (κ3) is 6.04. The van der Waals surface area contributed by atoms with E-state index in [4.69, 9.17) is 5.73 Å². The molecule has 1 rings (SSSR count). The molecule has 0 aromatic heterocycles. The Hall–Kier alpha value is -1.59. The number of aliphatic hydroxyl groups excluding tert-OH is 1. The molecule has 1 aromatic carbocycles. The van der Waals surface area contributed by atoms with Gasteiger partial charge in [0.2, 0.25) is 5.91 Å². The number of amides is 1. The molecule has 0 aliphatic carbocycles. The normalized spacial score (nSPS) is 12.7. The van der Waals surface area contributed by atoms with E-state index in [0.717, 1.165) is 5.56 Å². The molecule has 1 atom stereocenters. The van der Waals surface area contributed by atoms with Crippen molar-refractivity contribution in [1.29, 1.82) is 0 Å². The zero-order valence-electron chi connectivity index (χ0n) is 12.5. The van der Waals surface area contributed by atoms with Crippen molar-refractivity contribution in [2.75, 3.05) is 32.4 Å². The number of hydrogen-bond donors (Lipinski definition) is 3. The van der Waals surface area contributed by atoms with Crippen molar-refractivity contribution in [2.24, 2.45) is 5.92 Å². The molecule has 0 aliphatic rings. The Kier molecular flexibility index (Phi) is 6.48. The number of rotatable bonds is 7. The van der Waals surface area contributed by atoms with Crippen molar-refractivity contribution in [3.8, 4) is 0 Å². The van der Waals surface area contributed by atoms with E-state index in [9.17, 15) is 9.90 Å². The van der Waals surface area contributed by atoms with E-state index < -0.39 is 6.10 Å². The summed E-state index contributed by atoms with van der Waals surface area (Å²) in [6, 6.07) is 7.11. The van der Waals surface area contributed by atoms with Gasteiger partial charge in [-0.25, -0.2) is 0 Å². The first-order valence-electron chi connectivity index (χ1n) is 6.87. The highest BCUT2D eigenvalue weighted by molar-refractivity contribution is 5.77. The van der Waals surface area contributed by atoms with Gasteiger partial charge in [-0.3, -0.25) is 9.69 Å². The Balaban J connectivity index is 2.39. The fraction of sp³-hybridized carbons (Fsp3) is 0.533. The van der Waals surface area contributed by atoms with Crippen molar-refractivity contribution < 1.29 is 9.90 Å². The number of nitrogens with two attached hydrogens (primary N) is 1. The van der Waals surface area contributed by atoms with Crippen molar-refractivity contribution >= 4 is 11.6 Å².